The van der Waals surface area contributed by atoms with E-state index in [2.05, 4.69) is 0 Å². The van der Waals surface area contributed by atoms with Gasteiger partial charge in [0.2, 0.25) is 0 Å². The van der Waals surface area contributed by atoms with Crippen molar-refractivity contribution in [2.75, 3.05) is 13.2 Å². The molecule has 0 aliphatic carbocycles. The quantitative estimate of drug-likeness (QED) is 0.487. The SMILES string of the molecule is CCOC=CC[O]. The van der Waals surface area contributed by atoms with Gasteiger partial charge in [0.15, 0.2) is 0 Å². The lowest BCUT2D eigenvalue weighted by molar-refractivity contribution is 0.221. The monoisotopic (exact) mass is 101 g/mol. The maximum atomic E-state index is 9.64. The molecule has 0 bridgehead atoms. The molecule has 0 rings (SSSR count). The van der Waals surface area contributed by atoms with E-state index >= 15 is 0 Å². The largest absolute Gasteiger partial charge is 0.502 e. The first-order valence-corrected chi connectivity index (χ1v) is 2.26. The molecule has 1 radical (unpaired) electrons. The molecule has 0 fully saturated rings. The normalized spacial score (nSPS) is 10.0. The van der Waals surface area contributed by atoms with E-state index < -0.39 is 0 Å². The zero-order valence-electron chi connectivity index (χ0n) is 4.39. The molecule has 0 saturated heterocycles. The molecule has 0 N–H and O–H groups in total. The average Bonchev–Trinajstić information content (AvgIpc) is 1.69. The molecule has 0 aromatic rings. The fourth-order valence-corrected chi connectivity index (χ4v) is 0.204. The highest BCUT2D eigenvalue weighted by Gasteiger charge is 1.66. The molecule has 0 aromatic heterocycles. The van der Waals surface area contributed by atoms with Crippen molar-refractivity contribution in [3.63, 3.8) is 0 Å². The molecular formula is C5H9O2. The van der Waals surface area contributed by atoms with Gasteiger partial charge in [0, 0.05) is 0 Å². The summed E-state index contributed by atoms with van der Waals surface area (Å²) in [5, 5.41) is 9.64. The highest BCUT2D eigenvalue weighted by atomic mass is 16.5. The topological polar surface area (TPSA) is 29.1 Å². The van der Waals surface area contributed by atoms with Crippen LogP contribution in [0.15, 0.2) is 12.3 Å². The minimum absolute atomic E-state index is 0.194. The van der Waals surface area contributed by atoms with Gasteiger partial charge in [-0.15, -0.1) is 0 Å². The molecule has 0 spiro atoms. The van der Waals surface area contributed by atoms with Crippen LogP contribution in [-0.2, 0) is 9.84 Å². The maximum absolute atomic E-state index is 9.64. The summed E-state index contributed by atoms with van der Waals surface area (Å²) in [6.45, 7) is 2.31. The first-order valence-electron chi connectivity index (χ1n) is 2.26. The Balaban J connectivity index is 2.78. The Morgan fingerprint density at radius 2 is 2.43 bits per heavy atom. The van der Waals surface area contributed by atoms with Crippen molar-refractivity contribution in [1.29, 1.82) is 0 Å². The van der Waals surface area contributed by atoms with Crippen molar-refractivity contribution in [2.45, 2.75) is 6.92 Å². The zero-order chi connectivity index (χ0) is 5.54. The first-order chi connectivity index (χ1) is 3.41. The van der Waals surface area contributed by atoms with Crippen LogP contribution < -0.4 is 0 Å². The highest BCUT2D eigenvalue weighted by Crippen LogP contribution is 1.73. The minimum atomic E-state index is -0.194. The van der Waals surface area contributed by atoms with Crippen molar-refractivity contribution in [3.8, 4) is 0 Å². The van der Waals surface area contributed by atoms with Crippen LogP contribution in [0, 0.1) is 0 Å². The summed E-state index contributed by atoms with van der Waals surface area (Å²) in [5.74, 6) is 0. The maximum Gasteiger partial charge on any atom is 0.104 e. The second-order valence-corrected chi connectivity index (χ2v) is 0.994. The third kappa shape index (κ3) is 5.50. The summed E-state index contributed by atoms with van der Waals surface area (Å²) < 4.78 is 4.69. The number of ether oxygens (including phenoxy) is 1. The predicted molar refractivity (Wildman–Crippen MR) is 26.3 cm³/mol. The van der Waals surface area contributed by atoms with Gasteiger partial charge in [-0.3, -0.25) is 0 Å². The third-order valence-corrected chi connectivity index (χ3v) is 0.455. The third-order valence-electron chi connectivity index (χ3n) is 0.455. The molecule has 0 unspecified atom stereocenters. The second-order valence-electron chi connectivity index (χ2n) is 0.994. The van der Waals surface area contributed by atoms with Crippen molar-refractivity contribution in [3.05, 3.63) is 12.3 Å². The van der Waals surface area contributed by atoms with Crippen molar-refractivity contribution in [2.24, 2.45) is 0 Å². The van der Waals surface area contributed by atoms with Crippen LogP contribution in [0.4, 0.5) is 0 Å². The molecule has 0 saturated carbocycles. The molecule has 2 nitrogen and oxygen atoms in total. The van der Waals surface area contributed by atoms with E-state index in [1.165, 1.54) is 12.3 Å². The lowest BCUT2D eigenvalue weighted by Crippen LogP contribution is -1.77. The van der Waals surface area contributed by atoms with Crippen LogP contribution in [0.5, 0.6) is 0 Å². The Morgan fingerprint density at radius 1 is 1.71 bits per heavy atom. The van der Waals surface area contributed by atoms with Gasteiger partial charge in [-0.1, -0.05) is 0 Å². The fourth-order valence-electron chi connectivity index (χ4n) is 0.204. The molecule has 0 heterocycles. The predicted octanol–water partition coefficient (Wildman–Crippen LogP) is 0.967. The first kappa shape index (κ1) is 6.50. The molecule has 7 heavy (non-hydrogen) atoms. The van der Waals surface area contributed by atoms with Crippen molar-refractivity contribution in [1.82, 2.24) is 0 Å². The highest BCUT2D eigenvalue weighted by molar-refractivity contribution is 4.70. The van der Waals surface area contributed by atoms with Gasteiger partial charge in [0.05, 0.1) is 12.9 Å². The van der Waals surface area contributed by atoms with Gasteiger partial charge < -0.3 is 4.74 Å². The molecule has 0 amide bonds. The van der Waals surface area contributed by atoms with E-state index in [9.17, 15) is 5.11 Å². The van der Waals surface area contributed by atoms with Crippen LogP contribution in [0.3, 0.4) is 0 Å². The van der Waals surface area contributed by atoms with E-state index in [-0.39, 0.29) is 6.61 Å². The molecule has 0 aliphatic rings. The van der Waals surface area contributed by atoms with Crippen LogP contribution >= 0.6 is 0 Å². The van der Waals surface area contributed by atoms with Gasteiger partial charge in [0.25, 0.3) is 0 Å². The van der Waals surface area contributed by atoms with E-state index in [1.54, 1.807) is 0 Å². The van der Waals surface area contributed by atoms with Crippen molar-refractivity contribution < 1.29 is 9.84 Å². The van der Waals surface area contributed by atoms with E-state index in [1.807, 2.05) is 6.92 Å². The Labute approximate surface area is 43.4 Å². The van der Waals surface area contributed by atoms with E-state index in [0.29, 0.717) is 6.61 Å². The Hall–Kier alpha value is -0.500. The Kier molecular flexibility index (Phi) is 5.11. The fraction of sp³-hybridized carbons (Fsp3) is 0.600. The van der Waals surface area contributed by atoms with Gasteiger partial charge >= 0.3 is 0 Å². The number of hydrogen-bond donors (Lipinski definition) is 0. The number of rotatable bonds is 3. The van der Waals surface area contributed by atoms with Gasteiger partial charge in [-0.05, 0) is 13.0 Å². The van der Waals surface area contributed by atoms with E-state index in [4.69, 9.17) is 4.74 Å². The smallest absolute Gasteiger partial charge is 0.104 e. The lowest BCUT2D eigenvalue weighted by atomic mass is 10.7. The number of hydrogen-bond acceptors (Lipinski definition) is 1. The molecular weight excluding hydrogens is 92.1 g/mol. The summed E-state index contributed by atoms with van der Waals surface area (Å²) in [7, 11) is 0. The summed E-state index contributed by atoms with van der Waals surface area (Å²) in [6, 6.07) is 0. The Morgan fingerprint density at radius 3 is 2.86 bits per heavy atom. The average molecular weight is 101 g/mol. The van der Waals surface area contributed by atoms with Crippen LogP contribution in [0.25, 0.3) is 0 Å². The van der Waals surface area contributed by atoms with Crippen LogP contribution in [-0.4, -0.2) is 13.2 Å². The molecule has 0 aromatic carbocycles. The Bertz CT molecular complexity index is 50.0. The van der Waals surface area contributed by atoms with Crippen LogP contribution in [0.1, 0.15) is 6.92 Å². The van der Waals surface area contributed by atoms with Crippen LogP contribution in [0.2, 0.25) is 0 Å². The summed E-state index contributed by atoms with van der Waals surface area (Å²) in [6.07, 6.45) is 2.86. The molecule has 0 aliphatic heterocycles. The summed E-state index contributed by atoms with van der Waals surface area (Å²) in [4.78, 5) is 0. The van der Waals surface area contributed by atoms with Gasteiger partial charge in [-0.2, -0.15) is 0 Å². The molecule has 0 atom stereocenters. The van der Waals surface area contributed by atoms with Crippen molar-refractivity contribution >= 4 is 0 Å². The zero-order valence-corrected chi connectivity index (χ0v) is 4.39. The molecule has 2 heteroatoms. The minimum Gasteiger partial charge on any atom is -0.502 e. The molecule has 41 valence electrons. The summed E-state index contributed by atoms with van der Waals surface area (Å²) >= 11 is 0. The summed E-state index contributed by atoms with van der Waals surface area (Å²) in [5.41, 5.74) is 0. The lowest BCUT2D eigenvalue weighted by Gasteiger charge is -1.87. The van der Waals surface area contributed by atoms with Gasteiger partial charge in [0.1, 0.15) is 6.61 Å². The second kappa shape index (κ2) is 5.50. The van der Waals surface area contributed by atoms with E-state index in [0.717, 1.165) is 0 Å². The standard InChI is InChI=1S/C5H9O2/c1-2-7-5-3-4-6/h3,5H,2,4H2,1H3. The van der Waals surface area contributed by atoms with Gasteiger partial charge in [-0.25, -0.2) is 5.11 Å².